The van der Waals surface area contributed by atoms with Crippen molar-refractivity contribution in [1.29, 1.82) is 0 Å². The summed E-state index contributed by atoms with van der Waals surface area (Å²) in [6.45, 7) is 5.14. The molecule has 1 N–H and O–H groups in total. The monoisotopic (exact) mass is 269 g/mol. The van der Waals surface area contributed by atoms with E-state index in [2.05, 4.69) is 30.4 Å². The van der Waals surface area contributed by atoms with E-state index < -0.39 is 0 Å². The van der Waals surface area contributed by atoms with Crippen LogP contribution in [0.5, 0.6) is 0 Å². The Morgan fingerprint density at radius 1 is 1.10 bits per heavy atom. The zero-order valence-corrected chi connectivity index (χ0v) is 12.1. The third-order valence-electron chi connectivity index (χ3n) is 3.51. The maximum absolute atomic E-state index is 11.9. The molecule has 1 heterocycles. The molecule has 0 atom stereocenters. The fraction of sp³-hybridized carbons (Fsp3) is 0.294. The van der Waals surface area contributed by atoms with Gasteiger partial charge in [0, 0.05) is 25.1 Å². The number of aryl methyl sites for hydroxylation is 1. The topological polar surface area (TPSA) is 33.0 Å². The molecule has 0 spiro atoms. The molecule has 0 radical (unpaired) electrons. The van der Waals surface area contributed by atoms with Gasteiger partial charge in [0.05, 0.1) is 0 Å². The molecule has 0 unspecified atom stereocenters. The molecular formula is C17H21N2O+. The quantitative estimate of drug-likeness (QED) is 0.827. The van der Waals surface area contributed by atoms with E-state index in [4.69, 9.17) is 0 Å². The Labute approximate surface area is 120 Å². The lowest BCUT2D eigenvalue weighted by Gasteiger charge is -2.05. The third-order valence-corrected chi connectivity index (χ3v) is 3.51. The van der Waals surface area contributed by atoms with Crippen molar-refractivity contribution in [1.82, 2.24) is 5.32 Å². The number of nitrogens with zero attached hydrogens (tertiary/aromatic N) is 1. The Balaban J connectivity index is 1.82. The molecule has 1 aromatic carbocycles. The predicted octanol–water partition coefficient (Wildman–Crippen LogP) is 1.95. The van der Waals surface area contributed by atoms with Gasteiger partial charge in [-0.1, -0.05) is 30.3 Å². The zero-order valence-electron chi connectivity index (χ0n) is 12.1. The van der Waals surface area contributed by atoms with Gasteiger partial charge >= 0.3 is 0 Å². The number of carbonyl (C=O) groups excluding carboxylic acids is 1. The summed E-state index contributed by atoms with van der Waals surface area (Å²) in [7, 11) is 0. The fourth-order valence-corrected chi connectivity index (χ4v) is 2.12. The minimum atomic E-state index is 0.0552. The van der Waals surface area contributed by atoms with Crippen molar-refractivity contribution in [2.75, 3.05) is 6.54 Å². The summed E-state index contributed by atoms with van der Waals surface area (Å²) in [5.41, 5.74) is 3.57. The van der Waals surface area contributed by atoms with Crippen molar-refractivity contribution in [3.63, 3.8) is 0 Å². The number of nitrogens with one attached hydrogen (secondary N) is 1. The van der Waals surface area contributed by atoms with E-state index in [-0.39, 0.29) is 5.91 Å². The first-order valence-electron chi connectivity index (χ1n) is 6.93. The first-order valence-corrected chi connectivity index (χ1v) is 6.93. The van der Waals surface area contributed by atoms with Crippen molar-refractivity contribution < 1.29 is 9.36 Å². The summed E-state index contributed by atoms with van der Waals surface area (Å²) < 4.78 is 1.98. The van der Waals surface area contributed by atoms with E-state index in [1.807, 2.05) is 42.0 Å². The molecule has 1 aromatic heterocycles. The van der Waals surface area contributed by atoms with E-state index in [0.29, 0.717) is 13.1 Å². The largest absolute Gasteiger partial charge is 0.350 e. The molecule has 0 aliphatic rings. The average molecular weight is 269 g/mol. The molecule has 104 valence electrons. The van der Waals surface area contributed by atoms with E-state index in [1.54, 1.807) is 0 Å². The minimum absolute atomic E-state index is 0.0552. The van der Waals surface area contributed by atoms with Crippen molar-refractivity contribution >= 4 is 5.91 Å². The van der Waals surface area contributed by atoms with Crippen molar-refractivity contribution in [3.8, 4) is 0 Å². The van der Waals surface area contributed by atoms with Crippen LogP contribution < -0.4 is 9.88 Å². The van der Waals surface area contributed by atoms with Crippen molar-refractivity contribution in [2.45, 2.75) is 26.8 Å². The van der Waals surface area contributed by atoms with E-state index in [1.165, 1.54) is 11.1 Å². The molecule has 20 heavy (non-hydrogen) atoms. The number of hydrogen-bond donors (Lipinski definition) is 1. The highest BCUT2D eigenvalue weighted by Gasteiger charge is 2.12. The summed E-state index contributed by atoms with van der Waals surface area (Å²) in [4.78, 5) is 11.9. The van der Waals surface area contributed by atoms with Crippen LogP contribution in [0.3, 0.4) is 0 Å². The summed E-state index contributed by atoms with van der Waals surface area (Å²) in [5, 5.41) is 2.97. The normalized spacial score (nSPS) is 10.3. The van der Waals surface area contributed by atoms with Gasteiger partial charge in [0.2, 0.25) is 6.54 Å². The van der Waals surface area contributed by atoms with Crippen LogP contribution in [0, 0.1) is 13.8 Å². The number of hydrogen-bond acceptors (Lipinski definition) is 1. The number of rotatable bonds is 5. The lowest BCUT2D eigenvalue weighted by Crippen LogP contribution is -2.45. The van der Waals surface area contributed by atoms with Gasteiger partial charge in [-0.25, -0.2) is 0 Å². The third kappa shape index (κ3) is 3.92. The van der Waals surface area contributed by atoms with Gasteiger partial charge in [0.15, 0.2) is 11.9 Å². The van der Waals surface area contributed by atoms with E-state index in [0.717, 1.165) is 12.1 Å². The van der Waals surface area contributed by atoms with Gasteiger partial charge in [-0.05, 0) is 25.0 Å². The van der Waals surface area contributed by atoms with Crippen LogP contribution >= 0.6 is 0 Å². The smallest absolute Gasteiger partial charge is 0.286 e. The van der Waals surface area contributed by atoms with Crippen LogP contribution in [-0.4, -0.2) is 12.5 Å². The molecule has 0 saturated carbocycles. The van der Waals surface area contributed by atoms with Crippen LogP contribution in [-0.2, 0) is 17.8 Å². The number of benzene rings is 1. The molecule has 3 heteroatoms. The summed E-state index contributed by atoms with van der Waals surface area (Å²) >= 11 is 0. The van der Waals surface area contributed by atoms with E-state index >= 15 is 0 Å². The lowest BCUT2D eigenvalue weighted by atomic mass is 10.1. The Kier molecular flexibility index (Phi) is 4.88. The molecule has 0 saturated heterocycles. The highest BCUT2D eigenvalue weighted by molar-refractivity contribution is 5.74. The van der Waals surface area contributed by atoms with Crippen LogP contribution in [0.2, 0.25) is 0 Å². The van der Waals surface area contributed by atoms with Gasteiger partial charge in [0.1, 0.15) is 0 Å². The summed E-state index contributed by atoms with van der Waals surface area (Å²) in [6, 6.07) is 14.2. The molecule has 1 amide bonds. The first kappa shape index (κ1) is 14.3. The maximum Gasteiger partial charge on any atom is 0.286 e. The maximum atomic E-state index is 11.9. The number of amides is 1. The zero-order chi connectivity index (χ0) is 14.4. The second kappa shape index (κ2) is 6.85. The minimum Gasteiger partial charge on any atom is -0.350 e. The van der Waals surface area contributed by atoms with Gasteiger partial charge < -0.3 is 5.32 Å². The lowest BCUT2D eigenvalue weighted by molar-refractivity contribution is -0.690. The second-order valence-corrected chi connectivity index (χ2v) is 4.99. The molecule has 2 aromatic rings. The van der Waals surface area contributed by atoms with Crippen molar-refractivity contribution in [3.05, 3.63) is 65.5 Å². The van der Waals surface area contributed by atoms with Crippen LogP contribution in [0.25, 0.3) is 0 Å². The molecular weight excluding hydrogens is 248 g/mol. The summed E-state index contributed by atoms with van der Waals surface area (Å²) in [5.74, 6) is 0.0552. The second-order valence-electron chi connectivity index (χ2n) is 4.99. The van der Waals surface area contributed by atoms with Gasteiger partial charge in [-0.3, -0.25) is 4.79 Å². The van der Waals surface area contributed by atoms with Crippen LogP contribution in [0.1, 0.15) is 16.8 Å². The number of carbonyl (C=O) groups is 1. The van der Waals surface area contributed by atoms with Crippen LogP contribution in [0.15, 0.2) is 48.7 Å². The predicted molar refractivity (Wildman–Crippen MR) is 79.3 cm³/mol. The Morgan fingerprint density at radius 3 is 2.60 bits per heavy atom. The molecule has 3 nitrogen and oxygen atoms in total. The molecule has 0 aliphatic carbocycles. The van der Waals surface area contributed by atoms with Gasteiger partial charge in [0.25, 0.3) is 5.91 Å². The SMILES string of the molecule is Cc1ccc[n+](CC(=O)NCCc2ccccc2)c1C. The van der Waals surface area contributed by atoms with Crippen LogP contribution in [0.4, 0.5) is 0 Å². The number of pyridine rings is 1. The molecule has 0 bridgehead atoms. The first-order chi connectivity index (χ1) is 9.66. The molecule has 0 fully saturated rings. The number of aromatic nitrogens is 1. The molecule has 0 aliphatic heterocycles. The Morgan fingerprint density at radius 2 is 1.85 bits per heavy atom. The Bertz CT molecular complexity index is 579. The average Bonchev–Trinajstić information content (AvgIpc) is 2.45. The Hall–Kier alpha value is -2.16. The fourth-order valence-electron chi connectivity index (χ4n) is 2.12. The van der Waals surface area contributed by atoms with Crippen molar-refractivity contribution in [2.24, 2.45) is 0 Å². The van der Waals surface area contributed by atoms with Gasteiger partial charge in [-0.2, -0.15) is 4.57 Å². The van der Waals surface area contributed by atoms with Gasteiger partial charge in [-0.15, -0.1) is 0 Å². The highest BCUT2D eigenvalue weighted by atomic mass is 16.1. The van der Waals surface area contributed by atoms with E-state index in [9.17, 15) is 4.79 Å². The summed E-state index contributed by atoms with van der Waals surface area (Å²) in [6.07, 6.45) is 2.81. The standard InChI is InChI=1S/C17H20N2O/c1-14-7-6-12-19(15(14)2)13-17(20)18-11-10-16-8-4-3-5-9-16/h3-9,12H,10-11,13H2,1-2H3/p+1. The molecule has 2 rings (SSSR count). The highest BCUT2D eigenvalue weighted by Crippen LogP contribution is 1.99.